The Morgan fingerprint density at radius 3 is 2.81 bits per heavy atom. The monoisotopic (exact) mass is 433 g/mol. The van der Waals surface area contributed by atoms with E-state index in [4.69, 9.17) is 9.26 Å². The van der Waals surface area contributed by atoms with Crippen LogP contribution in [-0.2, 0) is 23.2 Å². The van der Waals surface area contributed by atoms with E-state index in [0.29, 0.717) is 49.0 Å². The normalized spacial score (nSPS) is 11.6. The SMILES string of the molecule is CC(C)(C)c1noc(CCCC(=O)Nc2cccc(OCc3cn4ccccc4n3)c2)n1. The lowest BCUT2D eigenvalue weighted by Gasteiger charge is -2.10. The number of nitrogens with zero attached hydrogens (tertiary/aromatic N) is 4. The van der Waals surface area contributed by atoms with Crippen molar-refractivity contribution in [3.8, 4) is 5.75 Å². The highest BCUT2D eigenvalue weighted by molar-refractivity contribution is 5.90. The molecule has 0 aliphatic heterocycles. The van der Waals surface area contributed by atoms with Crippen LogP contribution in [0.2, 0.25) is 0 Å². The highest BCUT2D eigenvalue weighted by Crippen LogP contribution is 2.20. The number of imidazole rings is 1. The van der Waals surface area contributed by atoms with Crippen LogP contribution in [0.4, 0.5) is 5.69 Å². The minimum absolute atomic E-state index is 0.0712. The average molecular weight is 434 g/mol. The fraction of sp³-hybridized carbons (Fsp3) is 0.333. The number of aromatic nitrogens is 4. The van der Waals surface area contributed by atoms with Gasteiger partial charge in [-0.05, 0) is 30.7 Å². The lowest BCUT2D eigenvalue weighted by atomic mass is 9.96. The third-order valence-corrected chi connectivity index (χ3v) is 4.85. The van der Waals surface area contributed by atoms with Gasteiger partial charge < -0.3 is 19.0 Å². The van der Waals surface area contributed by atoms with Crippen molar-refractivity contribution in [2.24, 2.45) is 0 Å². The Labute approximate surface area is 186 Å². The number of fused-ring (bicyclic) bond motifs is 1. The fourth-order valence-electron chi connectivity index (χ4n) is 3.16. The first kappa shape index (κ1) is 21.5. The first-order valence-corrected chi connectivity index (χ1v) is 10.7. The maximum absolute atomic E-state index is 12.3. The molecule has 0 radical (unpaired) electrons. The number of hydrogen-bond donors (Lipinski definition) is 1. The zero-order valence-electron chi connectivity index (χ0n) is 18.5. The lowest BCUT2D eigenvalue weighted by Crippen LogP contribution is -2.13. The second-order valence-electron chi connectivity index (χ2n) is 8.68. The van der Waals surface area contributed by atoms with Gasteiger partial charge in [0.15, 0.2) is 5.82 Å². The molecule has 8 nitrogen and oxygen atoms in total. The maximum Gasteiger partial charge on any atom is 0.226 e. The summed E-state index contributed by atoms with van der Waals surface area (Å²) in [5.41, 5.74) is 2.25. The van der Waals surface area contributed by atoms with E-state index in [1.54, 1.807) is 6.07 Å². The van der Waals surface area contributed by atoms with Crippen molar-refractivity contribution in [3.63, 3.8) is 0 Å². The van der Waals surface area contributed by atoms with Crippen LogP contribution in [0.5, 0.6) is 5.75 Å². The van der Waals surface area contributed by atoms with Crippen LogP contribution in [0.15, 0.2) is 59.4 Å². The molecule has 1 amide bonds. The Balaban J connectivity index is 1.25. The molecule has 4 aromatic rings. The van der Waals surface area contributed by atoms with Gasteiger partial charge in [-0.1, -0.05) is 38.1 Å². The molecule has 166 valence electrons. The van der Waals surface area contributed by atoms with Gasteiger partial charge in [-0.3, -0.25) is 4.79 Å². The van der Waals surface area contributed by atoms with Gasteiger partial charge in [0.2, 0.25) is 11.8 Å². The Morgan fingerprint density at radius 1 is 1.16 bits per heavy atom. The summed E-state index contributed by atoms with van der Waals surface area (Å²) >= 11 is 0. The van der Waals surface area contributed by atoms with Crippen molar-refractivity contribution in [1.29, 1.82) is 0 Å². The Hall–Kier alpha value is -3.68. The second-order valence-corrected chi connectivity index (χ2v) is 8.68. The molecule has 32 heavy (non-hydrogen) atoms. The van der Waals surface area contributed by atoms with Crippen molar-refractivity contribution < 1.29 is 14.1 Å². The summed E-state index contributed by atoms with van der Waals surface area (Å²) in [5.74, 6) is 1.83. The highest BCUT2D eigenvalue weighted by Gasteiger charge is 2.20. The third kappa shape index (κ3) is 5.51. The molecule has 8 heteroatoms. The number of carbonyl (C=O) groups is 1. The number of anilines is 1. The third-order valence-electron chi connectivity index (χ3n) is 4.85. The van der Waals surface area contributed by atoms with E-state index in [9.17, 15) is 4.79 Å². The molecular weight excluding hydrogens is 406 g/mol. The van der Waals surface area contributed by atoms with E-state index in [0.717, 1.165) is 11.3 Å². The van der Waals surface area contributed by atoms with E-state index in [2.05, 4.69) is 20.4 Å². The van der Waals surface area contributed by atoms with Gasteiger partial charge in [0.25, 0.3) is 0 Å². The number of aryl methyl sites for hydroxylation is 1. The zero-order valence-corrected chi connectivity index (χ0v) is 18.5. The molecule has 0 atom stereocenters. The molecule has 0 saturated heterocycles. The van der Waals surface area contributed by atoms with Gasteiger partial charge in [0, 0.05) is 42.4 Å². The predicted octanol–water partition coefficient (Wildman–Crippen LogP) is 4.56. The van der Waals surface area contributed by atoms with Crippen LogP contribution in [0.25, 0.3) is 5.65 Å². The van der Waals surface area contributed by atoms with Crippen LogP contribution in [0, 0.1) is 0 Å². The molecule has 1 N–H and O–H groups in total. The van der Waals surface area contributed by atoms with Crippen molar-refractivity contribution in [2.75, 3.05) is 5.32 Å². The number of rotatable bonds is 8. The van der Waals surface area contributed by atoms with Gasteiger partial charge >= 0.3 is 0 Å². The maximum atomic E-state index is 12.3. The van der Waals surface area contributed by atoms with Gasteiger partial charge in [0.1, 0.15) is 18.0 Å². The van der Waals surface area contributed by atoms with E-state index < -0.39 is 0 Å². The molecule has 0 aliphatic rings. The quantitative estimate of drug-likeness (QED) is 0.438. The molecule has 4 rings (SSSR count). The molecule has 1 aromatic carbocycles. The number of nitrogens with one attached hydrogen (secondary N) is 1. The second kappa shape index (κ2) is 9.21. The van der Waals surface area contributed by atoms with E-state index in [1.165, 1.54) is 0 Å². The molecule has 0 spiro atoms. The molecule has 0 unspecified atom stereocenters. The van der Waals surface area contributed by atoms with E-state index in [1.807, 2.05) is 74.0 Å². The van der Waals surface area contributed by atoms with Crippen LogP contribution in [0.3, 0.4) is 0 Å². The Bertz CT molecular complexity index is 1170. The first-order chi connectivity index (χ1) is 15.4. The number of carbonyl (C=O) groups excluding carboxylic acids is 1. The lowest BCUT2D eigenvalue weighted by molar-refractivity contribution is -0.116. The standard InChI is InChI=1S/C24H27N5O3/c1-24(2,3)23-27-22(32-28-23)12-7-11-21(30)26-17-8-6-9-19(14-17)31-16-18-15-29-13-5-4-10-20(29)25-18/h4-6,8-10,13-15H,7,11-12,16H2,1-3H3,(H,26,30). The number of hydrogen-bond acceptors (Lipinski definition) is 6. The topological polar surface area (TPSA) is 94.5 Å². The fourth-order valence-corrected chi connectivity index (χ4v) is 3.16. The predicted molar refractivity (Wildman–Crippen MR) is 121 cm³/mol. The minimum atomic E-state index is -0.155. The van der Waals surface area contributed by atoms with E-state index >= 15 is 0 Å². The van der Waals surface area contributed by atoms with E-state index in [-0.39, 0.29) is 11.3 Å². The summed E-state index contributed by atoms with van der Waals surface area (Å²) in [7, 11) is 0. The largest absolute Gasteiger partial charge is 0.487 e. The molecule has 3 aromatic heterocycles. The highest BCUT2D eigenvalue weighted by atomic mass is 16.5. The van der Waals surface area contributed by atoms with Gasteiger partial charge in [-0.15, -0.1) is 0 Å². The molecule has 0 fully saturated rings. The van der Waals surface area contributed by atoms with Gasteiger partial charge in [-0.2, -0.15) is 4.98 Å². The molecule has 0 saturated carbocycles. The summed E-state index contributed by atoms with van der Waals surface area (Å²) in [6.45, 7) is 6.44. The number of pyridine rings is 1. The summed E-state index contributed by atoms with van der Waals surface area (Å²) in [5, 5.41) is 6.92. The van der Waals surface area contributed by atoms with Gasteiger partial charge in [-0.25, -0.2) is 4.98 Å². The first-order valence-electron chi connectivity index (χ1n) is 10.7. The summed E-state index contributed by atoms with van der Waals surface area (Å²) < 4.78 is 13.1. The van der Waals surface area contributed by atoms with Crippen LogP contribution >= 0.6 is 0 Å². The van der Waals surface area contributed by atoms with Gasteiger partial charge in [0.05, 0.1) is 5.69 Å². The van der Waals surface area contributed by atoms with Crippen molar-refractivity contribution >= 4 is 17.2 Å². The van der Waals surface area contributed by atoms with Crippen molar-refractivity contribution in [3.05, 3.63) is 72.3 Å². The van der Waals surface area contributed by atoms with Crippen LogP contribution in [0.1, 0.15) is 51.0 Å². The Morgan fingerprint density at radius 2 is 2.03 bits per heavy atom. The average Bonchev–Trinajstić information content (AvgIpc) is 3.39. The van der Waals surface area contributed by atoms with Crippen molar-refractivity contribution in [2.45, 2.75) is 52.1 Å². The molecule has 0 bridgehead atoms. The number of amides is 1. The molecule has 3 heterocycles. The van der Waals surface area contributed by atoms with Crippen molar-refractivity contribution in [1.82, 2.24) is 19.5 Å². The summed E-state index contributed by atoms with van der Waals surface area (Å²) in [4.78, 5) is 21.2. The Kier molecular flexibility index (Phi) is 6.20. The van der Waals surface area contributed by atoms with Crippen LogP contribution in [-0.4, -0.2) is 25.4 Å². The van der Waals surface area contributed by atoms with Crippen LogP contribution < -0.4 is 10.1 Å². The minimum Gasteiger partial charge on any atom is -0.487 e. The number of ether oxygens (including phenoxy) is 1. The smallest absolute Gasteiger partial charge is 0.226 e. The molecular formula is C24H27N5O3. The summed E-state index contributed by atoms with van der Waals surface area (Å²) in [6.07, 6.45) is 5.44. The summed E-state index contributed by atoms with van der Waals surface area (Å²) in [6, 6.07) is 13.2. The molecule has 0 aliphatic carbocycles. The zero-order chi connectivity index (χ0) is 22.6. The number of benzene rings is 1.